The zero-order valence-electron chi connectivity index (χ0n) is 9.38. The van der Waals surface area contributed by atoms with Crippen LogP contribution >= 0.6 is 0 Å². The van der Waals surface area contributed by atoms with Crippen LogP contribution in [0.4, 0.5) is 10.6 Å². The monoisotopic (exact) mass is 239 g/mol. The summed E-state index contributed by atoms with van der Waals surface area (Å²) in [5, 5.41) is 0. The minimum atomic E-state index is -0.828. The van der Waals surface area contributed by atoms with E-state index in [-0.39, 0.29) is 18.2 Å². The molecule has 0 atom stereocenters. The molecular formula is C10H13N3O4. The lowest BCUT2D eigenvalue weighted by molar-refractivity contribution is -0.117. The van der Waals surface area contributed by atoms with Crippen LogP contribution in [-0.2, 0) is 9.53 Å². The first-order valence-corrected chi connectivity index (χ1v) is 5.02. The van der Waals surface area contributed by atoms with Crippen molar-refractivity contribution in [1.82, 2.24) is 9.55 Å². The Kier molecular flexibility index (Phi) is 4.38. The number of Topliss-reactive ketones (excluding diaryl/α,β-unsaturated/α-hetero) is 1. The van der Waals surface area contributed by atoms with E-state index < -0.39 is 11.8 Å². The van der Waals surface area contributed by atoms with Crippen LogP contribution in [-0.4, -0.2) is 28.0 Å². The zero-order chi connectivity index (χ0) is 12.8. The number of nitrogens with two attached hydrogens (primary N) is 1. The van der Waals surface area contributed by atoms with Crippen molar-refractivity contribution in [3.8, 4) is 0 Å². The van der Waals surface area contributed by atoms with Crippen LogP contribution in [0.15, 0.2) is 17.1 Å². The van der Waals surface area contributed by atoms with Gasteiger partial charge in [-0.05, 0) is 19.4 Å². The summed E-state index contributed by atoms with van der Waals surface area (Å²) in [5.41, 5.74) is 4.48. The summed E-state index contributed by atoms with van der Waals surface area (Å²) >= 11 is 0. The van der Waals surface area contributed by atoms with Gasteiger partial charge in [-0.15, -0.1) is 0 Å². The highest BCUT2D eigenvalue weighted by molar-refractivity contribution is 5.75. The molecule has 0 aliphatic rings. The molecule has 7 nitrogen and oxygen atoms in total. The molecule has 2 N–H and O–H groups in total. The molecule has 17 heavy (non-hydrogen) atoms. The van der Waals surface area contributed by atoms with Gasteiger partial charge in [0.05, 0.1) is 6.61 Å². The van der Waals surface area contributed by atoms with Crippen molar-refractivity contribution in [2.75, 3.05) is 12.3 Å². The van der Waals surface area contributed by atoms with Crippen LogP contribution in [0.5, 0.6) is 0 Å². The van der Waals surface area contributed by atoms with E-state index in [0.29, 0.717) is 17.4 Å². The second-order valence-electron chi connectivity index (χ2n) is 3.42. The molecule has 0 bridgehead atoms. The first kappa shape index (κ1) is 12.9. The third-order valence-electron chi connectivity index (χ3n) is 1.92. The number of ether oxygens (including phenoxy) is 1. The van der Waals surface area contributed by atoms with Crippen LogP contribution in [0.2, 0.25) is 0 Å². The number of rotatable bonds is 4. The fraction of sp³-hybridized carbons (Fsp3) is 0.400. The first-order valence-electron chi connectivity index (χ1n) is 5.02. The van der Waals surface area contributed by atoms with Gasteiger partial charge in [0, 0.05) is 12.6 Å². The molecule has 1 rings (SSSR count). The average molecular weight is 239 g/mol. The predicted molar refractivity (Wildman–Crippen MR) is 59.6 cm³/mol. The Hall–Kier alpha value is -2.18. The van der Waals surface area contributed by atoms with Gasteiger partial charge in [-0.2, -0.15) is 4.98 Å². The second-order valence-corrected chi connectivity index (χ2v) is 3.42. The van der Waals surface area contributed by atoms with Crippen LogP contribution in [0.1, 0.15) is 19.8 Å². The summed E-state index contributed by atoms with van der Waals surface area (Å²) in [5.74, 6) is 0.0583. The Morgan fingerprint density at radius 2 is 2.24 bits per heavy atom. The van der Waals surface area contributed by atoms with Gasteiger partial charge in [-0.25, -0.2) is 14.2 Å². The van der Waals surface area contributed by atoms with Crippen molar-refractivity contribution in [2.45, 2.75) is 19.8 Å². The molecule has 1 aromatic rings. The topological polar surface area (TPSA) is 104 Å². The minimum absolute atomic E-state index is 0.0207. The standard InChI is InChI=1S/C10H13N3O4/c1-7(14)3-2-6-17-10(16)13-5-4-8(11)12-9(13)15/h4-5H,2-3,6H2,1H3,(H2,11,12,15). The molecule has 0 amide bonds. The number of nitrogens with zero attached hydrogens (tertiary/aromatic N) is 2. The van der Waals surface area contributed by atoms with Crippen molar-refractivity contribution in [1.29, 1.82) is 0 Å². The van der Waals surface area contributed by atoms with Gasteiger partial charge in [-0.1, -0.05) is 0 Å². The van der Waals surface area contributed by atoms with Gasteiger partial charge >= 0.3 is 11.8 Å². The molecule has 0 saturated heterocycles. The minimum Gasteiger partial charge on any atom is -0.449 e. The lowest BCUT2D eigenvalue weighted by atomic mass is 10.2. The van der Waals surface area contributed by atoms with Gasteiger partial charge in [0.1, 0.15) is 11.6 Å². The quantitative estimate of drug-likeness (QED) is 0.751. The van der Waals surface area contributed by atoms with E-state index in [9.17, 15) is 14.4 Å². The van der Waals surface area contributed by atoms with Crippen molar-refractivity contribution in [3.05, 3.63) is 22.7 Å². The molecule has 0 aromatic carbocycles. The van der Waals surface area contributed by atoms with Gasteiger partial charge < -0.3 is 15.3 Å². The lowest BCUT2D eigenvalue weighted by Crippen LogP contribution is -2.30. The Bertz CT molecular complexity index is 481. The van der Waals surface area contributed by atoms with Crippen LogP contribution in [0.3, 0.4) is 0 Å². The highest BCUT2D eigenvalue weighted by Crippen LogP contribution is 1.95. The predicted octanol–water partition coefficient (Wildman–Crippen LogP) is 0.179. The highest BCUT2D eigenvalue weighted by atomic mass is 16.5. The summed E-state index contributed by atoms with van der Waals surface area (Å²) in [6.45, 7) is 1.53. The molecule has 0 radical (unpaired) electrons. The fourth-order valence-electron chi connectivity index (χ4n) is 1.11. The molecule has 0 aliphatic heterocycles. The Morgan fingerprint density at radius 3 is 2.82 bits per heavy atom. The second kappa shape index (κ2) is 5.78. The number of carbonyl (C=O) groups is 2. The summed E-state index contributed by atoms with van der Waals surface area (Å²) in [6, 6.07) is 1.32. The molecule has 0 unspecified atom stereocenters. The molecular weight excluding hydrogens is 226 g/mol. The molecule has 0 fully saturated rings. The van der Waals surface area contributed by atoms with E-state index in [2.05, 4.69) is 4.98 Å². The largest absolute Gasteiger partial charge is 0.449 e. The molecule has 0 spiro atoms. The van der Waals surface area contributed by atoms with Gasteiger partial charge in [0.15, 0.2) is 0 Å². The number of ketones is 1. The molecule has 92 valence electrons. The Labute approximate surface area is 97.2 Å². The van der Waals surface area contributed by atoms with Gasteiger partial charge in [0.25, 0.3) is 0 Å². The number of carbonyl (C=O) groups excluding carboxylic acids is 2. The molecule has 1 aromatic heterocycles. The average Bonchev–Trinajstić information content (AvgIpc) is 2.23. The molecule has 0 aliphatic carbocycles. The smallest absolute Gasteiger partial charge is 0.422 e. The number of nitrogen functional groups attached to an aromatic ring is 1. The number of anilines is 1. The van der Waals surface area contributed by atoms with E-state index in [0.717, 1.165) is 0 Å². The first-order chi connectivity index (χ1) is 8.00. The third-order valence-corrected chi connectivity index (χ3v) is 1.92. The van der Waals surface area contributed by atoms with Gasteiger partial charge in [0.2, 0.25) is 0 Å². The van der Waals surface area contributed by atoms with Crippen molar-refractivity contribution >= 4 is 17.7 Å². The van der Waals surface area contributed by atoms with Crippen molar-refractivity contribution in [2.24, 2.45) is 0 Å². The van der Waals surface area contributed by atoms with Gasteiger partial charge in [-0.3, -0.25) is 0 Å². The van der Waals surface area contributed by atoms with Crippen LogP contribution in [0, 0.1) is 0 Å². The molecule has 7 heteroatoms. The third kappa shape index (κ3) is 4.06. The summed E-state index contributed by atoms with van der Waals surface area (Å²) in [4.78, 5) is 36.6. The highest BCUT2D eigenvalue weighted by Gasteiger charge is 2.08. The zero-order valence-corrected chi connectivity index (χ0v) is 9.38. The summed E-state index contributed by atoms with van der Waals surface area (Å²) < 4.78 is 5.50. The molecule has 0 saturated carbocycles. The maximum Gasteiger partial charge on any atom is 0.422 e. The summed E-state index contributed by atoms with van der Waals surface area (Å²) in [6.07, 6.45) is 1.13. The number of hydrogen-bond donors (Lipinski definition) is 1. The van der Waals surface area contributed by atoms with E-state index in [1.807, 2.05) is 0 Å². The van der Waals surface area contributed by atoms with Crippen molar-refractivity contribution < 1.29 is 14.3 Å². The maximum absolute atomic E-state index is 11.4. The maximum atomic E-state index is 11.4. The number of aromatic nitrogens is 2. The van der Waals surface area contributed by atoms with E-state index in [1.54, 1.807) is 0 Å². The fourth-order valence-corrected chi connectivity index (χ4v) is 1.11. The van der Waals surface area contributed by atoms with Crippen LogP contribution < -0.4 is 11.4 Å². The Morgan fingerprint density at radius 1 is 1.53 bits per heavy atom. The lowest BCUT2D eigenvalue weighted by Gasteiger charge is -2.05. The van der Waals surface area contributed by atoms with E-state index in [4.69, 9.17) is 10.5 Å². The Balaban J connectivity index is 2.53. The van der Waals surface area contributed by atoms with E-state index in [1.165, 1.54) is 19.2 Å². The SMILES string of the molecule is CC(=O)CCCOC(=O)n1ccc(N)nc1=O. The summed E-state index contributed by atoms with van der Waals surface area (Å²) in [7, 11) is 0. The van der Waals surface area contributed by atoms with Crippen LogP contribution in [0.25, 0.3) is 0 Å². The van der Waals surface area contributed by atoms with E-state index >= 15 is 0 Å². The normalized spacial score (nSPS) is 9.94. The van der Waals surface area contributed by atoms with Crippen molar-refractivity contribution in [3.63, 3.8) is 0 Å². The number of hydrogen-bond acceptors (Lipinski definition) is 6. The molecule has 1 heterocycles.